The van der Waals surface area contributed by atoms with Crippen LogP contribution in [0.15, 0.2) is 77.8 Å². The van der Waals surface area contributed by atoms with Gasteiger partial charge in [-0.05, 0) is 36.4 Å². The highest BCUT2D eigenvalue weighted by atomic mass is 32.2. The van der Waals surface area contributed by atoms with Crippen molar-refractivity contribution in [2.45, 2.75) is 4.90 Å². The number of H-pyrrole nitrogens is 1. The van der Waals surface area contributed by atoms with Crippen LogP contribution in [0.25, 0.3) is 22.4 Å². The van der Waals surface area contributed by atoms with E-state index in [4.69, 9.17) is 15.2 Å². The number of ether oxygens (including phenoxy) is 2. The van der Waals surface area contributed by atoms with Gasteiger partial charge in [0.2, 0.25) is 0 Å². The van der Waals surface area contributed by atoms with Crippen LogP contribution in [0.4, 0.5) is 5.69 Å². The summed E-state index contributed by atoms with van der Waals surface area (Å²) in [7, 11) is -2.12. The van der Waals surface area contributed by atoms with Crippen LogP contribution in [-0.2, 0) is 14.6 Å². The van der Waals surface area contributed by atoms with Gasteiger partial charge in [0.05, 0.1) is 17.6 Å². The number of nitrogens with two attached hydrogens (primary N) is 1. The molecule has 0 amide bonds. The molecular formula is C25H21N3O6S. The first-order valence-electron chi connectivity index (χ1n) is 10.3. The average Bonchev–Trinajstić information content (AvgIpc) is 3.34. The molecule has 0 fully saturated rings. The zero-order chi connectivity index (χ0) is 25.2. The number of esters is 2. The molecule has 1 aromatic heterocycles. The fourth-order valence-corrected chi connectivity index (χ4v) is 4.13. The second-order valence-corrected chi connectivity index (χ2v) is 9.64. The lowest BCUT2D eigenvalue weighted by molar-refractivity contribution is 0.0597. The Morgan fingerprint density at radius 2 is 1.66 bits per heavy atom. The van der Waals surface area contributed by atoms with Crippen LogP contribution in [0, 0.1) is 0 Å². The molecule has 0 aliphatic carbocycles. The summed E-state index contributed by atoms with van der Waals surface area (Å²) >= 11 is 0. The van der Waals surface area contributed by atoms with E-state index in [0.717, 1.165) is 6.26 Å². The zero-order valence-electron chi connectivity index (χ0n) is 18.8. The van der Waals surface area contributed by atoms with Crippen molar-refractivity contribution in [3.8, 4) is 28.1 Å². The van der Waals surface area contributed by atoms with Gasteiger partial charge in [-0.25, -0.2) is 18.0 Å². The standard InChI is InChI=1S/C25H21N3O6S/c1-33-24(29)16-9-12-19(18-5-3-4-6-21(18)26)22(13-16)34-25(30)20-14-27-28-23(20)15-7-10-17(11-8-15)35(2,31)32/h3-14H,26H2,1-2H3,(H,27,28). The minimum atomic E-state index is -3.37. The molecule has 0 spiro atoms. The molecule has 3 N–H and O–H groups in total. The predicted octanol–water partition coefficient (Wildman–Crippen LogP) is 3.74. The molecular weight excluding hydrogens is 470 g/mol. The number of anilines is 1. The quantitative estimate of drug-likeness (QED) is 0.236. The first-order chi connectivity index (χ1) is 16.7. The largest absolute Gasteiger partial charge is 0.465 e. The Morgan fingerprint density at radius 1 is 0.943 bits per heavy atom. The second kappa shape index (κ2) is 9.43. The fraction of sp³-hybridized carbons (Fsp3) is 0.0800. The van der Waals surface area contributed by atoms with E-state index < -0.39 is 21.8 Å². The average molecular weight is 492 g/mol. The van der Waals surface area contributed by atoms with Crippen LogP contribution in [-0.4, -0.2) is 43.9 Å². The van der Waals surface area contributed by atoms with E-state index in [9.17, 15) is 18.0 Å². The van der Waals surface area contributed by atoms with Gasteiger partial charge in [-0.2, -0.15) is 5.10 Å². The maximum atomic E-state index is 13.2. The third-order valence-corrected chi connectivity index (χ3v) is 6.40. The lowest BCUT2D eigenvalue weighted by Gasteiger charge is -2.13. The molecule has 10 heteroatoms. The summed E-state index contributed by atoms with van der Waals surface area (Å²) in [5.41, 5.74) is 8.82. The summed E-state index contributed by atoms with van der Waals surface area (Å²) in [6, 6.07) is 17.6. The topological polar surface area (TPSA) is 141 Å². The van der Waals surface area contributed by atoms with Crippen molar-refractivity contribution in [2.24, 2.45) is 0 Å². The smallest absolute Gasteiger partial charge is 0.347 e. The molecule has 0 saturated heterocycles. The van der Waals surface area contributed by atoms with E-state index >= 15 is 0 Å². The number of hydrogen-bond acceptors (Lipinski definition) is 8. The maximum Gasteiger partial charge on any atom is 0.347 e. The van der Waals surface area contributed by atoms with Gasteiger partial charge in [0.15, 0.2) is 9.84 Å². The van der Waals surface area contributed by atoms with Crippen LogP contribution < -0.4 is 10.5 Å². The Labute approximate surface area is 201 Å². The molecule has 1 heterocycles. The molecule has 0 unspecified atom stereocenters. The highest BCUT2D eigenvalue weighted by Gasteiger charge is 2.22. The molecule has 0 radical (unpaired) electrons. The Balaban J connectivity index is 1.72. The van der Waals surface area contributed by atoms with Gasteiger partial charge in [-0.1, -0.05) is 30.3 Å². The van der Waals surface area contributed by atoms with Crippen molar-refractivity contribution < 1.29 is 27.5 Å². The number of sulfone groups is 1. The summed E-state index contributed by atoms with van der Waals surface area (Å²) < 4.78 is 34.0. The van der Waals surface area contributed by atoms with Gasteiger partial charge < -0.3 is 15.2 Å². The Morgan fingerprint density at radius 3 is 2.31 bits per heavy atom. The van der Waals surface area contributed by atoms with Crippen molar-refractivity contribution in [3.63, 3.8) is 0 Å². The number of nitrogens with one attached hydrogen (secondary N) is 1. The number of aromatic nitrogens is 2. The number of nitrogens with zero attached hydrogens (tertiary/aromatic N) is 1. The number of methoxy groups -OCH3 is 1. The number of carbonyl (C=O) groups is 2. The molecule has 0 aliphatic rings. The van der Waals surface area contributed by atoms with E-state index in [-0.39, 0.29) is 27.5 Å². The highest BCUT2D eigenvalue weighted by molar-refractivity contribution is 7.90. The Kier molecular flexibility index (Phi) is 6.39. The van der Waals surface area contributed by atoms with Crippen molar-refractivity contribution in [2.75, 3.05) is 19.1 Å². The third-order valence-electron chi connectivity index (χ3n) is 5.27. The molecule has 9 nitrogen and oxygen atoms in total. The van der Waals surface area contributed by atoms with E-state index in [1.54, 1.807) is 48.5 Å². The highest BCUT2D eigenvalue weighted by Crippen LogP contribution is 2.35. The normalized spacial score (nSPS) is 11.1. The molecule has 3 aromatic carbocycles. The van der Waals surface area contributed by atoms with E-state index in [1.165, 1.54) is 31.5 Å². The summed E-state index contributed by atoms with van der Waals surface area (Å²) in [6.45, 7) is 0. The van der Waals surface area contributed by atoms with Crippen molar-refractivity contribution >= 4 is 27.5 Å². The van der Waals surface area contributed by atoms with Gasteiger partial charge in [0.25, 0.3) is 0 Å². The monoisotopic (exact) mass is 491 g/mol. The second-order valence-electron chi connectivity index (χ2n) is 7.62. The van der Waals surface area contributed by atoms with Crippen molar-refractivity contribution in [1.82, 2.24) is 10.2 Å². The van der Waals surface area contributed by atoms with Gasteiger partial charge in [0.1, 0.15) is 17.0 Å². The number of benzene rings is 3. The predicted molar refractivity (Wildman–Crippen MR) is 130 cm³/mol. The lowest BCUT2D eigenvalue weighted by Crippen LogP contribution is -2.11. The van der Waals surface area contributed by atoms with Crippen LogP contribution in [0.2, 0.25) is 0 Å². The SMILES string of the molecule is COC(=O)c1ccc(-c2ccccc2N)c(OC(=O)c2c[nH]nc2-c2ccc(S(C)(=O)=O)cc2)c1. The van der Waals surface area contributed by atoms with Crippen molar-refractivity contribution in [1.29, 1.82) is 0 Å². The van der Waals surface area contributed by atoms with Crippen LogP contribution in [0.1, 0.15) is 20.7 Å². The molecule has 0 aliphatic heterocycles. The minimum Gasteiger partial charge on any atom is -0.465 e. The van der Waals surface area contributed by atoms with Crippen molar-refractivity contribution in [3.05, 3.63) is 84.1 Å². The summed E-state index contributed by atoms with van der Waals surface area (Å²) in [5, 5.41) is 6.76. The van der Waals surface area contributed by atoms with Gasteiger partial charge >= 0.3 is 11.9 Å². The number of hydrogen-bond donors (Lipinski definition) is 2. The number of para-hydroxylation sites is 1. The van der Waals surface area contributed by atoms with Gasteiger partial charge in [0, 0.05) is 34.8 Å². The van der Waals surface area contributed by atoms with E-state index in [2.05, 4.69) is 10.2 Å². The molecule has 0 atom stereocenters. The molecule has 4 aromatic rings. The molecule has 178 valence electrons. The lowest BCUT2D eigenvalue weighted by atomic mass is 10.0. The molecule has 0 saturated carbocycles. The summed E-state index contributed by atoms with van der Waals surface area (Å²) in [4.78, 5) is 25.4. The summed E-state index contributed by atoms with van der Waals surface area (Å²) in [6.07, 6.45) is 2.49. The molecule has 4 rings (SSSR count). The minimum absolute atomic E-state index is 0.107. The zero-order valence-corrected chi connectivity index (χ0v) is 19.6. The van der Waals surface area contributed by atoms with E-state index in [0.29, 0.717) is 22.4 Å². The first-order valence-corrected chi connectivity index (χ1v) is 12.2. The number of aromatic amines is 1. The first kappa shape index (κ1) is 23.7. The van der Waals surface area contributed by atoms with Crippen LogP contribution in [0.3, 0.4) is 0 Å². The number of nitrogen functional groups attached to an aromatic ring is 1. The summed E-state index contributed by atoms with van der Waals surface area (Å²) in [5.74, 6) is -1.22. The Bertz CT molecular complexity index is 1530. The fourth-order valence-electron chi connectivity index (χ4n) is 3.50. The number of carbonyl (C=O) groups excluding carboxylic acids is 2. The van der Waals surface area contributed by atoms with Crippen LogP contribution in [0.5, 0.6) is 5.75 Å². The maximum absolute atomic E-state index is 13.2. The number of rotatable bonds is 6. The van der Waals surface area contributed by atoms with Crippen LogP contribution >= 0.6 is 0 Å². The van der Waals surface area contributed by atoms with Gasteiger partial charge in [-0.3, -0.25) is 5.10 Å². The van der Waals surface area contributed by atoms with Gasteiger partial charge in [-0.15, -0.1) is 0 Å². The molecule has 35 heavy (non-hydrogen) atoms. The molecule has 0 bridgehead atoms. The third kappa shape index (κ3) is 4.92. The Hall–Kier alpha value is -4.44. The van der Waals surface area contributed by atoms with E-state index in [1.807, 2.05) is 0 Å².